The van der Waals surface area contributed by atoms with Crippen molar-refractivity contribution in [1.29, 1.82) is 0 Å². The Morgan fingerprint density at radius 2 is 2.03 bits per heavy atom. The lowest BCUT2D eigenvalue weighted by atomic mass is 10.1. The predicted molar refractivity (Wildman–Crippen MR) is 108 cm³/mol. The second-order valence-electron chi connectivity index (χ2n) is 7.90. The maximum atomic E-state index is 12.8. The Kier molecular flexibility index (Phi) is 5.44. The quantitative estimate of drug-likeness (QED) is 0.547. The van der Waals surface area contributed by atoms with Crippen LogP contribution in [-0.2, 0) is 27.9 Å². The summed E-state index contributed by atoms with van der Waals surface area (Å²) in [7, 11) is 1.67. The molecule has 2 fully saturated rings. The number of rotatable bonds is 5. The normalized spacial score (nSPS) is 23.0. The first-order valence-corrected chi connectivity index (χ1v) is 10.1. The summed E-state index contributed by atoms with van der Waals surface area (Å²) in [6.07, 6.45) is 1.23. The van der Waals surface area contributed by atoms with Crippen LogP contribution in [0.3, 0.4) is 0 Å². The van der Waals surface area contributed by atoms with E-state index in [0.29, 0.717) is 25.0 Å². The molecule has 3 heterocycles. The summed E-state index contributed by atoms with van der Waals surface area (Å²) in [6.45, 7) is 2.61. The Labute approximate surface area is 172 Å². The number of imidazole rings is 1. The minimum Gasteiger partial charge on any atom is -0.480 e. The van der Waals surface area contributed by atoms with Gasteiger partial charge in [-0.25, -0.2) is 4.79 Å². The first kappa shape index (κ1) is 20.3. The van der Waals surface area contributed by atoms with Gasteiger partial charge in [-0.2, -0.15) is 0 Å². The van der Waals surface area contributed by atoms with Gasteiger partial charge in [0.2, 0.25) is 11.8 Å². The van der Waals surface area contributed by atoms with Crippen molar-refractivity contribution < 1.29 is 19.5 Å². The van der Waals surface area contributed by atoms with Crippen LogP contribution in [0.2, 0.25) is 0 Å². The van der Waals surface area contributed by atoms with E-state index in [1.165, 1.54) is 9.13 Å². The fraction of sp³-hybridized carbons (Fsp3) is 0.500. The number of benzene rings is 1. The molecule has 0 radical (unpaired) electrons. The molecule has 2 aliphatic rings. The molecule has 4 rings (SSSR count). The van der Waals surface area contributed by atoms with Crippen molar-refractivity contribution in [2.75, 3.05) is 26.2 Å². The van der Waals surface area contributed by atoms with E-state index in [9.17, 15) is 24.3 Å². The topological polar surface area (TPSA) is 126 Å². The summed E-state index contributed by atoms with van der Waals surface area (Å²) in [4.78, 5) is 49.9. The molecule has 0 spiro atoms. The molecule has 10 nitrogen and oxygen atoms in total. The number of aliphatic carboxylic acids is 1. The van der Waals surface area contributed by atoms with Crippen LogP contribution < -0.4 is 16.3 Å². The first-order chi connectivity index (χ1) is 14.3. The number of carbonyl (C=O) groups is 3. The lowest BCUT2D eigenvalue weighted by molar-refractivity contribution is -0.141. The van der Waals surface area contributed by atoms with E-state index in [-0.39, 0.29) is 18.0 Å². The summed E-state index contributed by atoms with van der Waals surface area (Å²) in [5, 5.41) is 14.5. The molecule has 30 heavy (non-hydrogen) atoms. The number of piperidine rings is 1. The average molecular weight is 415 g/mol. The zero-order valence-corrected chi connectivity index (χ0v) is 16.8. The first-order valence-electron chi connectivity index (χ1n) is 10.1. The standard InChI is InChI=1S/C20H25N5O5/c1-23-16-10-12(6-8-24-9-7-21-13(11-24)19(28)29)2-3-14(16)25(20(23)30)15-4-5-17(26)22-18(15)27/h2-3,10,13,15,21H,4-9,11H2,1H3,(H,28,29)(H,22,26,27)/t13-,15?/m0/s1. The highest BCUT2D eigenvalue weighted by molar-refractivity contribution is 6.00. The van der Waals surface area contributed by atoms with Gasteiger partial charge in [0.25, 0.3) is 0 Å². The smallest absolute Gasteiger partial charge is 0.329 e. The van der Waals surface area contributed by atoms with Crippen LogP contribution in [-0.4, -0.2) is 69.1 Å². The lowest BCUT2D eigenvalue weighted by Crippen LogP contribution is -2.54. The number of aromatic nitrogens is 2. The van der Waals surface area contributed by atoms with Crippen LogP contribution in [0, 0.1) is 0 Å². The van der Waals surface area contributed by atoms with Crippen LogP contribution in [0.1, 0.15) is 24.4 Å². The zero-order valence-electron chi connectivity index (χ0n) is 16.8. The molecule has 1 aromatic carbocycles. The van der Waals surface area contributed by atoms with Gasteiger partial charge in [0.15, 0.2) is 0 Å². The molecule has 10 heteroatoms. The minimum absolute atomic E-state index is 0.208. The molecule has 2 aliphatic heterocycles. The summed E-state index contributed by atoms with van der Waals surface area (Å²) in [5.74, 6) is -1.60. The average Bonchev–Trinajstić information content (AvgIpc) is 2.97. The van der Waals surface area contributed by atoms with Gasteiger partial charge in [-0.3, -0.25) is 33.7 Å². The maximum Gasteiger partial charge on any atom is 0.329 e. The summed E-state index contributed by atoms with van der Waals surface area (Å²) >= 11 is 0. The summed E-state index contributed by atoms with van der Waals surface area (Å²) < 4.78 is 2.99. The highest BCUT2D eigenvalue weighted by atomic mass is 16.4. The van der Waals surface area contributed by atoms with Gasteiger partial charge in [0.05, 0.1) is 11.0 Å². The van der Waals surface area contributed by atoms with E-state index in [1.807, 2.05) is 18.2 Å². The second-order valence-corrected chi connectivity index (χ2v) is 7.90. The maximum absolute atomic E-state index is 12.8. The van der Waals surface area contributed by atoms with Crippen LogP contribution in [0.5, 0.6) is 0 Å². The van der Waals surface area contributed by atoms with Crippen molar-refractivity contribution in [3.8, 4) is 0 Å². The molecule has 2 atom stereocenters. The predicted octanol–water partition coefficient (Wildman–Crippen LogP) is -0.781. The van der Waals surface area contributed by atoms with E-state index in [2.05, 4.69) is 15.5 Å². The monoisotopic (exact) mass is 415 g/mol. The SMILES string of the molecule is Cn1c(=O)n(C2CCC(=O)NC2=O)c2ccc(CCN3CCN[C@H](C(=O)O)C3)cc21. The number of piperazine rings is 1. The highest BCUT2D eigenvalue weighted by Crippen LogP contribution is 2.24. The number of imide groups is 1. The number of carbonyl (C=O) groups excluding carboxylic acids is 2. The largest absolute Gasteiger partial charge is 0.480 e. The summed E-state index contributed by atoms with van der Waals surface area (Å²) in [6, 6.07) is 4.47. The Morgan fingerprint density at radius 1 is 1.23 bits per heavy atom. The number of hydrogen-bond acceptors (Lipinski definition) is 6. The Bertz CT molecular complexity index is 1070. The molecule has 1 aromatic heterocycles. The minimum atomic E-state index is -0.842. The van der Waals surface area contributed by atoms with Crippen LogP contribution in [0.15, 0.2) is 23.0 Å². The number of fused-ring (bicyclic) bond motifs is 1. The van der Waals surface area contributed by atoms with E-state index in [1.54, 1.807) is 7.05 Å². The number of aryl methyl sites for hydroxylation is 1. The molecule has 0 saturated carbocycles. The molecule has 0 bridgehead atoms. The van der Waals surface area contributed by atoms with E-state index in [0.717, 1.165) is 30.6 Å². The van der Waals surface area contributed by atoms with Crippen molar-refractivity contribution in [1.82, 2.24) is 24.7 Å². The molecular weight excluding hydrogens is 390 g/mol. The van der Waals surface area contributed by atoms with Gasteiger partial charge >= 0.3 is 11.7 Å². The fourth-order valence-electron chi connectivity index (χ4n) is 4.26. The van der Waals surface area contributed by atoms with Gasteiger partial charge in [0.1, 0.15) is 12.1 Å². The van der Waals surface area contributed by atoms with Crippen LogP contribution in [0.25, 0.3) is 11.0 Å². The van der Waals surface area contributed by atoms with Crippen molar-refractivity contribution in [2.24, 2.45) is 7.05 Å². The van der Waals surface area contributed by atoms with E-state index < -0.39 is 24.0 Å². The zero-order chi connectivity index (χ0) is 21.4. The Morgan fingerprint density at radius 3 is 2.77 bits per heavy atom. The van der Waals surface area contributed by atoms with Gasteiger partial charge < -0.3 is 10.4 Å². The number of nitrogens with zero attached hydrogens (tertiary/aromatic N) is 3. The molecule has 2 aromatic rings. The third-order valence-electron chi connectivity index (χ3n) is 5.95. The Balaban J connectivity index is 1.54. The number of carboxylic acids is 1. The molecule has 2 saturated heterocycles. The number of nitrogens with one attached hydrogen (secondary N) is 2. The van der Waals surface area contributed by atoms with E-state index in [4.69, 9.17) is 0 Å². The highest BCUT2D eigenvalue weighted by Gasteiger charge is 2.31. The lowest BCUT2D eigenvalue weighted by Gasteiger charge is -2.31. The Hall–Kier alpha value is -2.98. The fourth-order valence-corrected chi connectivity index (χ4v) is 4.26. The molecule has 2 amide bonds. The van der Waals surface area contributed by atoms with Gasteiger partial charge in [0, 0.05) is 39.6 Å². The molecular formula is C20H25N5O5. The van der Waals surface area contributed by atoms with Crippen LogP contribution in [0.4, 0.5) is 0 Å². The molecule has 160 valence electrons. The number of carboxylic acid groups (broad SMARTS) is 1. The third kappa shape index (κ3) is 3.75. The van der Waals surface area contributed by atoms with Crippen molar-refractivity contribution in [2.45, 2.75) is 31.3 Å². The third-order valence-corrected chi connectivity index (χ3v) is 5.95. The molecule has 1 unspecified atom stereocenters. The summed E-state index contributed by atoms with van der Waals surface area (Å²) in [5.41, 5.74) is 2.13. The molecule has 3 N–H and O–H groups in total. The molecule has 0 aliphatic carbocycles. The van der Waals surface area contributed by atoms with Gasteiger partial charge in [-0.05, 0) is 30.5 Å². The number of amides is 2. The van der Waals surface area contributed by atoms with Gasteiger partial charge in [-0.15, -0.1) is 0 Å². The van der Waals surface area contributed by atoms with Gasteiger partial charge in [-0.1, -0.05) is 6.07 Å². The van der Waals surface area contributed by atoms with E-state index >= 15 is 0 Å². The second kappa shape index (κ2) is 8.04. The van der Waals surface area contributed by atoms with Crippen molar-refractivity contribution in [3.05, 3.63) is 34.2 Å². The van der Waals surface area contributed by atoms with Crippen molar-refractivity contribution >= 4 is 28.8 Å². The number of hydrogen-bond donors (Lipinski definition) is 3. The van der Waals surface area contributed by atoms with Crippen LogP contribution >= 0.6 is 0 Å². The van der Waals surface area contributed by atoms with Crippen molar-refractivity contribution in [3.63, 3.8) is 0 Å².